The van der Waals surface area contributed by atoms with Gasteiger partial charge in [-0.15, -0.1) is 11.8 Å². The van der Waals surface area contributed by atoms with Gasteiger partial charge in [-0.3, -0.25) is 4.90 Å². The smallest absolute Gasteiger partial charge is 0.336 e. The summed E-state index contributed by atoms with van der Waals surface area (Å²) in [5.41, 5.74) is 1.75. The molecule has 0 fully saturated rings. The first kappa shape index (κ1) is 19.8. The van der Waals surface area contributed by atoms with E-state index in [1.807, 2.05) is 30.5 Å². The van der Waals surface area contributed by atoms with Crippen LogP contribution in [0, 0.1) is 0 Å². The fourth-order valence-corrected chi connectivity index (χ4v) is 4.03. The maximum Gasteiger partial charge on any atom is 0.336 e. The average molecular weight is 384 g/mol. The fourth-order valence-electron chi connectivity index (χ4n) is 2.88. The number of carbonyl (C=O) groups excluding carboxylic acids is 2. The van der Waals surface area contributed by atoms with Crippen LogP contribution in [0.5, 0.6) is 0 Å². The Bertz CT molecular complexity index is 677. The Balaban J connectivity index is 2.36. The number of methoxy groups -OCH3 is 1. The van der Waals surface area contributed by atoms with Crippen molar-refractivity contribution < 1.29 is 19.1 Å². The zero-order chi connectivity index (χ0) is 18.4. The molecule has 0 saturated heterocycles. The third-order valence-corrected chi connectivity index (χ3v) is 5.38. The van der Waals surface area contributed by atoms with Gasteiger partial charge >= 0.3 is 11.9 Å². The predicted molar refractivity (Wildman–Crippen MR) is 99.5 cm³/mol. The Labute approximate surface area is 157 Å². The minimum atomic E-state index is -0.494. The van der Waals surface area contributed by atoms with Crippen LogP contribution < -0.4 is 0 Å². The van der Waals surface area contributed by atoms with Gasteiger partial charge in [0.05, 0.1) is 30.2 Å². The molecule has 1 heterocycles. The largest absolute Gasteiger partial charge is 0.466 e. The number of hydrogen-bond acceptors (Lipinski definition) is 6. The van der Waals surface area contributed by atoms with Crippen LogP contribution in [0.1, 0.15) is 18.9 Å². The molecule has 1 aromatic carbocycles. The van der Waals surface area contributed by atoms with Crippen LogP contribution >= 0.6 is 23.4 Å². The zero-order valence-corrected chi connectivity index (χ0v) is 16.2. The van der Waals surface area contributed by atoms with Gasteiger partial charge in [0.15, 0.2) is 0 Å². The fraction of sp³-hybridized carbons (Fsp3) is 0.444. The molecule has 136 valence electrons. The molecule has 2 rings (SSSR count). The highest BCUT2D eigenvalue weighted by Gasteiger charge is 2.37. The van der Waals surface area contributed by atoms with E-state index in [1.54, 1.807) is 6.92 Å². The molecule has 0 saturated carbocycles. The lowest BCUT2D eigenvalue weighted by atomic mass is 9.99. The van der Waals surface area contributed by atoms with E-state index >= 15 is 0 Å². The number of esters is 2. The summed E-state index contributed by atoms with van der Waals surface area (Å²) in [6, 6.07) is 7.62. The summed E-state index contributed by atoms with van der Waals surface area (Å²) in [6.07, 6.45) is 2.34. The van der Waals surface area contributed by atoms with Crippen molar-refractivity contribution in [2.75, 3.05) is 26.5 Å². The molecule has 1 atom stereocenters. The molecule has 1 aromatic rings. The topological polar surface area (TPSA) is 55.8 Å². The number of ether oxygens (including phenoxy) is 2. The van der Waals surface area contributed by atoms with E-state index in [2.05, 4.69) is 4.90 Å². The molecule has 0 aliphatic carbocycles. The van der Waals surface area contributed by atoms with Crippen LogP contribution in [-0.4, -0.2) is 48.7 Å². The third kappa shape index (κ3) is 4.57. The van der Waals surface area contributed by atoms with Crippen LogP contribution in [0.15, 0.2) is 35.4 Å². The van der Waals surface area contributed by atoms with Crippen molar-refractivity contribution in [3.63, 3.8) is 0 Å². The lowest BCUT2D eigenvalue weighted by Crippen LogP contribution is -2.42. The second-order valence-electron chi connectivity index (χ2n) is 5.50. The normalized spacial score (nSPS) is 18.2. The Morgan fingerprint density at radius 1 is 1.32 bits per heavy atom. The minimum absolute atomic E-state index is 0.268. The summed E-state index contributed by atoms with van der Waals surface area (Å²) in [5.74, 6) is -0.939. The van der Waals surface area contributed by atoms with Gasteiger partial charge in [-0.25, -0.2) is 9.59 Å². The monoisotopic (exact) mass is 383 g/mol. The van der Waals surface area contributed by atoms with Crippen LogP contribution in [0.25, 0.3) is 0 Å². The second-order valence-corrected chi connectivity index (χ2v) is 6.83. The summed E-state index contributed by atoms with van der Waals surface area (Å²) in [4.78, 5) is 26.8. The molecule has 5 nitrogen and oxygen atoms in total. The molecular formula is C18H22ClNO4S. The first-order valence-electron chi connectivity index (χ1n) is 8.02. The number of benzene rings is 1. The average Bonchev–Trinajstić information content (AvgIpc) is 2.62. The Hall–Kier alpha value is -1.50. The molecule has 0 amide bonds. The molecule has 7 heteroatoms. The number of thioether (sulfide) groups is 1. The zero-order valence-electron chi connectivity index (χ0n) is 14.6. The van der Waals surface area contributed by atoms with Gasteiger partial charge in [0.25, 0.3) is 0 Å². The van der Waals surface area contributed by atoms with Crippen LogP contribution in [0.4, 0.5) is 0 Å². The van der Waals surface area contributed by atoms with Crippen molar-refractivity contribution in [1.82, 2.24) is 4.90 Å². The highest BCUT2D eigenvalue weighted by Crippen LogP contribution is 2.33. The van der Waals surface area contributed by atoms with Crippen molar-refractivity contribution in [2.45, 2.75) is 25.3 Å². The van der Waals surface area contributed by atoms with Crippen molar-refractivity contribution in [3.8, 4) is 0 Å². The van der Waals surface area contributed by atoms with E-state index in [-0.39, 0.29) is 12.0 Å². The Morgan fingerprint density at radius 2 is 2.04 bits per heavy atom. The van der Waals surface area contributed by atoms with Gasteiger partial charge in [-0.05, 0) is 31.2 Å². The summed E-state index contributed by atoms with van der Waals surface area (Å²) < 4.78 is 10.1. The van der Waals surface area contributed by atoms with Gasteiger partial charge in [0.1, 0.15) is 0 Å². The summed E-state index contributed by atoms with van der Waals surface area (Å²) in [5, 5.41) is 0.388. The predicted octanol–water partition coefficient (Wildman–Crippen LogP) is 3.27. The molecule has 0 spiro atoms. The lowest BCUT2D eigenvalue weighted by Gasteiger charge is -2.36. The minimum Gasteiger partial charge on any atom is -0.466 e. The second kappa shape index (κ2) is 9.27. The van der Waals surface area contributed by atoms with Gasteiger partial charge in [0.2, 0.25) is 0 Å². The molecule has 0 N–H and O–H groups in total. The van der Waals surface area contributed by atoms with Gasteiger partial charge < -0.3 is 9.47 Å². The first-order valence-corrected chi connectivity index (χ1v) is 9.68. The molecule has 25 heavy (non-hydrogen) atoms. The molecule has 0 bridgehead atoms. The summed E-state index contributed by atoms with van der Waals surface area (Å²) in [6.45, 7) is 3.23. The lowest BCUT2D eigenvalue weighted by molar-refractivity contribution is -0.141. The SMILES string of the molecule is CCOC(=O)C1=C(C(=O)OC)C(SC)N(Cc2ccccc2Cl)CC1. The maximum atomic E-state index is 12.4. The van der Waals surface area contributed by atoms with E-state index in [0.29, 0.717) is 35.7 Å². The standard InChI is InChI=1S/C18H22ClNO4S/c1-4-24-17(21)13-9-10-20(11-12-7-5-6-8-14(12)19)16(25-3)15(13)18(22)23-2/h5-8,16H,4,9-11H2,1-3H3. The molecule has 1 unspecified atom stereocenters. The number of carbonyl (C=O) groups is 2. The van der Waals surface area contributed by atoms with E-state index < -0.39 is 11.9 Å². The van der Waals surface area contributed by atoms with Gasteiger partial charge in [-0.2, -0.15) is 0 Å². The third-order valence-electron chi connectivity index (χ3n) is 4.03. The van der Waals surface area contributed by atoms with E-state index in [1.165, 1.54) is 18.9 Å². The number of halogens is 1. The highest BCUT2D eigenvalue weighted by atomic mass is 35.5. The van der Waals surface area contributed by atoms with Crippen molar-refractivity contribution in [3.05, 3.63) is 46.0 Å². The van der Waals surface area contributed by atoms with E-state index in [9.17, 15) is 9.59 Å². The number of rotatable bonds is 6. The van der Waals surface area contributed by atoms with Crippen LogP contribution in [-0.2, 0) is 25.6 Å². The molecule has 1 aliphatic heterocycles. The van der Waals surface area contributed by atoms with Gasteiger partial charge in [0, 0.05) is 18.1 Å². The van der Waals surface area contributed by atoms with Crippen molar-refractivity contribution in [2.24, 2.45) is 0 Å². The molecule has 0 aromatic heterocycles. The summed E-state index contributed by atoms with van der Waals surface area (Å²) >= 11 is 7.76. The van der Waals surface area contributed by atoms with Crippen molar-refractivity contribution >= 4 is 35.3 Å². The molecule has 1 aliphatic rings. The van der Waals surface area contributed by atoms with Crippen molar-refractivity contribution in [1.29, 1.82) is 0 Å². The number of hydrogen-bond donors (Lipinski definition) is 0. The van der Waals surface area contributed by atoms with Crippen LogP contribution in [0.3, 0.4) is 0 Å². The van der Waals surface area contributed by atoms with Gasteiger partial charge in [-0.1, -0.05) is 29.8 Å². The molecule has 0 radical (unpaired) electrons. The van der Waals surface area contributed by atoms with E-state index in [4.69, 9.17) is 21.1 Å². The quantitative estimate of drug-likeness (QED) is 0.703. The highest BCUT2D eigenvalue weighted by molar-refractivity contribution is 7.99. The first-order chi connectivity index (χ1) is 12.0. The van der Waals surface area contributed by atoms with Crippen LogP contribution in [0.2, 0.25) is 5.02 Å². The maximum absolute atomic E-state index is 12.4. The molecular weight excluding hydrogens is 362 g/mol. The van der Waals surface area contributed by atoms with E-state index in [0.717, 1.165) is 5.56 Å². The Morgan fingerprint density at radius 3 is 2.64 bits per heavy atom. The number of nitrogens with zero attached hydrogens (tertiary/aromatic N) is 1. The summed E-state index contributed by atoms with van der Waals surface area (Å²) in [7, 11) is 1.32. The Kier molecular flexibility index (Phi) is 7.35.